The third-order valence-electron chi connectivity index (χ3n) is 4.62. The summed E-state index contributed by atoms with van der Waals surface area (Å²) < 4.78 is 19.9. The SMILES string of the molecule is Fc1cnccc1C(Nc1nnc(-c2c[nH]c3ncccc23)o1)C1CC1. The van der Waals surface area contributed by atoms with Crippen LogP contribution in [0.25, 0.3) is 22.5 Å². The van der Waals surface area contributed by atoms with Crippen LogP contribution in [0.5, 0.6) is 0 Å². The molecule has 1 atom stereocenters. The second-order valence-electron chi connectivity index (χ2n) is 6.37. The number of halogens is 1. The van der Waals surface area contributed by atoms with Crippen molar-refractivity contribution in [2.45, 2.75) is 18.9 Å². The van der Waals surface area contributed by atoms with Gasteiger partial charge in [0.1, 0.15) is 11.5 Å². The quantitative estimate of drug-likeness (QED) is 0.570. The third-order valence-corrected chi connectivity index (χ3v) is 4.62. The number of anilines is 1. The molecule has 1 unspecified atom stereocenters. The van der Waals surface area contributed by atoms with E-state index < -0.39 is 0 Å². The number of nitrogens with zero attached hydrogens (tertiary/aromatic N) is 4. The highest BCUT2D eigenvalue weighted by Crippen LogP contribution is 2.43. The van der Waals surface area contributed by atoms with Crippen molar-refractivity contribution >= 4 is 17.0 Å². The summed E-state index contributed by atoms with van der Waals surface area (Å²) in [5.74, 6) is 0.398. The molecule has 5 rings (SSSR count). The number of H-pyrrole nitrogens is 1. The largest absolute Gasteiger partial charge is 0.403 e. The van der Waals surface area contributed by atoms with E-state index in [-0.39, 0.29) is 17.9 Å². The number of pyridine rings is 2. The standard InChI is InChI=1S/C18H15FN6O/c19-14-9-20-7-5-12(14)15(10-3-4-10)23-18-25-24-17(26-18)13-8-22-16-11(13)2-1-6-21-16/h1-2,5-10,15H,3-4H2,(H,21,22)(H,23,25). The molecule has 0 aromatic carbocycles. The molecule has 1 aliphatic rings. The maximum atomic E-state index is 14.2. The van der Waals surface area contributed by atoms with E-state index in [9.17, 15) is 4.39 Å². The summed E-state index contributed by atoms with van der Waals surface area (Å²) in [5.41, 5.74) is 2.11. The van der Waals surface area contributed by atoms with Gasteiger partial charge < -0.3 is 14.7 Å². The number of aromatic nitrogens is 5. The van der Waals surface area contributed by atoms with E-state index in [1.165, 1.54) is 6.20 Å². The zero-order valence-corrected chi connectivity index (χ0v) is 13.7. The minimum absolute atomic E-state index is 0.212. The van der Waals surface area contributed by atoms with Gasteiger partial charge in [-0.15, -0.1) is 5.10 Å². The summed E-state index contributed by atoms with van der Waals surface area (Å²) in [7, 11) is 0. The zero-order chi connectivity index (χ0) is 17.5. The molecule has 0 saturated heterocycles. The van der Waals surface area contributed by atoms with E-state index in [0.717, 1.165) is 29.4 Å². The first-order chi connectivity index (χ1) is 12.8. The molecule has 1 saturated carbocycles. The van der Waals surface area contributed by atoms with Crippen molar-refractivity contribution in [3.63, 3.8) is 0 Å². The molecular formula is C18H15FN6O. The van der Waals surface area contributed by atoms with Crippen molar-refractivity contribution < 1.29 is 8.81 Å². The Morgan fingerprint density at radius 3 is 3.00 bits per heavy atom. The molecule has 0 bridgehead atoms. The zero-order valence-electron chi connectivity index (χ0n) is 13.7. The van der Waals surface area contributed by atoms with Crippen LogP contribution in [-0.2, 0) is 0 Å². The molecular weight excluding hydrogens is 335 g/mol. The van der Waals surface area contributed by atoms with Crippen LogP contribution in [-0.4, -0.2) is 25.1 Å². The van der Waals surface area contributed by atoms with Gasteiger partial charge in [-0.2, -0.15) is 0 Å². The van der Waals surface area contributed by atoms with Crippen LogP contribution >= 0.6 is 0 Å². The summed E-state index contributed by atoms with van der Waals surface area (Å²) in [5, 5.41) is 12.3. The summed E-state index contributed by atoms with van der Waals surface area (Å²) >= 11 is 0. The first-order valence-electron chi connectivity index (χ1n) is 8.41. The fraction of sp³-hybridized carbons (Fsp3) is 0.222. The normalized spacial score (nSPS) is 15.3. The van der Waals surface area contributed by atoms with Gasteiger partial charge in [0.15, 0.2) is 0 Å². The van der Waals surface area contributed by atoms with Gasteiger partial charge in [0, 0.05) is 29.5 Å². The lowest BCUT2D eigenvalue weighted by atomic mass is 10.0. The van der Waals surface area contributed by atoms with Crippen molar-refractivity contribution in [3.05, 3.63) is 54.4 Å². The molecule has 26 heavy (non-hydrogen) atoms. The Balaban J connectivity index is 1.45. The lowest BCUT2D eigenvalue weighted by Gasteiger charge is -2.17. The van der Waals surface area contributed by atoms with E-state index in [1.54, 1.807) is 24.7 Å². The fourth-order valence-electron chi connectivity index (χ4n) is 3.17. The first-order valence-corrected chi connectivity index (χ1v) is 8.41. The number of rotatable bonds is 5. The van der Waals surface area contributed by atoms with Gasteiger partial charge in [-0.05, 0) is 37.0 Å². The molecule has 1 aliphatic carbocycles. The van der Waals surface area contributed by atoms with Crippen molar-refractivity contribution in [2.24, 2.45) is 5.92 Å². The Labute approximate surface area is 147 Å². The third kappa shape index (κ3) is 2.59. The van der Waals surface area contributed by atoms with E-state index >= 15 is 0 Å². The van der Waals surface area contributed by atoms with Crippen molar-refractivity contribution in [1.82, 2.24) is 25.1 Å². The second-order valence-corrected chi connectivity index (χ2v) is 6.37. The maximum absolute atomic E-state index is 14.2. The molecule has 0 radical (unpaired) electrons. The maximum Gasteiger partial charge on any atom is 0.316 e. The Kier molecular flexibility index (Phi) is 3.41. The minimum Gasteiger partial charge on any atom is -0.403 e. The number of nitrogens with one attached hydrogen (secondary N) is 2. The van der Waals surface area contributed by atoms with Crippen LogP contribution < -0.4 is 5.32 Å². The Hall–Kier alpha value is -3.29. The molecule has 0 amide bonds. The molecule has 4 heterocycles. The highest BCUT2D eigenvalue weighted by atomic mass is 19.1. The van der Waals surface area contributed by atoms with Crippen LogP contribution in [0.1, 0.15) is 24.4 Å². The van der Waals surface area contributed by atoms with Gasteiger partial charge in [0.25, 0.3) is 5.89 Å². The van der Waals surface area contributed by atoms with E-state index in [4.69, 9.17) is 4.42 Å². The monoisotopic (exact) mass is 350 g/mol. The molecule has 1 fully saturated rings. The van der Waals surface area contributed by atoms with Crippen LogP contribution in [0.15, 0.2) is 47.4 Å². The average Bonchev–Trinajstić information content (AvgIpc) is 3.25. The number of fused-ring (bicyclic) bond motifs is 1. The molecule has 7 nitrogen and oxygen atoms in total. The summed E-state index contributed by atoms with van der Waals surface area (Å²) in [6, 6.07) is 5.53. The molecule has 0 spiro atoms. The predicted octanol–water partition coefficient (Wildman–Crippen LogP) is 3.71. The van der Waals surface area contributed by atoms with Crippen LogP contribution in [0.4, 0.5) is 10.4 Å². The Morgan fingerprint density at radius 1 is 1.23 bits per heavy atom. The van der Waals surface area contributed by atoms with Crippen LogP contribution in [0.3, 0.4) is 0 Å². The van der Waals surface area contributed by atoms with Crippen LogP contribution in [0, 0.1) is 11.7 Å². The molecule has 2 N–H and O–H groups in total. The van der Waals surface area contributed by atoms with E-state index in [2.05, 4.69) is 30.5 Å². The lowest BCUT2D eigenvalue weighted by molar-refractivity contribution is 0.534. The number of aromatic amines is 1. The Bertz CT molecular complexity index is 1070. The van der Waals surface area contributed by atoms with Crippen molar-refractivity contribution in [2.75, 3.05) is 5.32 Å². The topological polar surface area (TPSA) is 92.5 Å². The number of hydrogen-bond acceptors (Lipinski definition) is 6. The summed E-state index contributed by atoms with van der Waals surface area (Å²) in [6.45, 7) is 0. The van der Waals surface area contributed by atoms with Gasteiger partial charge in [-0.3, -0.25) is 4.98 Å². The Morgan fingerprint density at radius 2 is 2.15 bits per heavy atom. The molecule has 0 aliphatic heterocycles. The van der Waals surface area contributed by atoms with Gasteiger partial charge in [-0.25, -0.2) is 9.37 Å². The fourth-order valence-corrected chi connectivity index (χ4v) is 3.17. The summed E-state index contributed by atoms with van der Waals surface area (Å²) in [4.78, 5) is 11.2. The van der Waals surface area contributed by atoms with Gasteiger partial charge >= 0.3 is 6.01 Å². The van der Waals surface area contributed by atoms with Gasteiger partial charge in [0.05, 0.1) is 17.8 Å². The average molecular weight is 350 g/mol. The van der Waals surface area contributed by atoms with Gasteiger partial charge in [0.2, 0.25) is 0 Å². The predicted molar refractivity (Wildman–Crippen MR) is 92.7 cm³/mol. The lowest BCUT2D eigenvalue weighted by Crippen LogP contribution is -2.15. The number of hydrogen-bond donors (Lipinski definition) is 2. The van der Waals surface area contributed by atoms with E-state index in [0.29, 0.717) is 17.4 Å². The molecule has 130 valence electrons. The van der Waals surface area contributed by atoms with Crippen LogP contribution in [0.2, 0.25) is 0 Å². The highest BCUT2D eigenvalue weighted by molar-refractivity contribution is 5.90. The summed E-state index contributed by atoms with van der Waals surface area (Å²) in [6.07, 6.45) is 8.39. The highest BCUT2D eigenvalue weighted by Gasteiger charge is 2.35. The van der Waals surface area contributed by atoms with Crippen molar-refractivity contribution in [3.8, 4) is 11.5 Å². The second kappa shape index (κ2) is 5.91. The van der Waals surface area contributed by atoms with Crippen molar-refractivity contribution in [1.29, 1.82) is 0 Å². The molecule has 4 aromatic rings. The van der Waals surface area contributed by atoms with E-state index in [1.807, 2.05) is 12.1 Å². The molecule has 4 aromatic heterocycles. The smallest absolute Gasteiger partial charge is 0.316 e. The molecule has 8 heteroatoms. The minimum atomic E-state index is -0.334. The first kappa shape index (κ1) is 15.0. The van der Waals surface area contributed by atoms with Gasteiger partial charge in [-0.1, -0.05) is 5.10 Å².